The Kier molecular flexibility index (Phi) is 5.16. The minimum atomic E-state index is -0.914. The molecule has 5 nitrogen and oxygen atoms in total. The number of halogens is 2. The van der Waals surface area contributed by atoms with Gasteiger partial charge in [-0.15, -0.1) is 0 Å². The average Bonchev–Trinajstić information content (AvgIpc) is 2.96. The third-order valence-corrected chi connectivity index (χ3v) is 4.12. The lowest BCUT2D eigenvalue weighted by molar-refractivity contribution is -0.125. The summed E-state index contributed by atoms with van der Waals surface area (Å²) in [6.07, 6.45) is 0.562. The van der Waals surface area contributed by atoms with Gasteiger partial charge >= 0.3 is 0 Å². The predicted octanol–water partition coefficient (Wildman–Crippen LogP) is 2.79. The number of hydrogen-bond acceptors (Lipinski definition) is 3. The fraction of sp³-hybridized carbons (Fsp3) is 0.263. The maximum atomic E-state index is 13.2. The first kappa shape index (κ1) is 17.8. The molecule has 1 saturated heterocycles. The van der Waals surface area contributed by atoms with E-state index in [2.05, 4.69) is 5.32 Å². The largest absolute Gasteiger partial charge is 0.489 e. The first-order chi connectivity index (χ1) is 12.4. The molecule has 0 bridgehead atoms. The van der Waals surface area contributed by atoms with Gasteiger partial charge in [-0.25, -0.2) is 8.78 Å². The number of ether oxygens (including phenoxy) is 1. The van der Waals surface area contributed by atoms with Gasteiger partial charge in [0.15, 0.2) is 11.6 Å². The summed E-state index contributed by atoms with van der Waals surface area (Å²) in [5.74, 6) is -1.64. The van der Waals surface area contributed by atoms with E-state index in [0.717, 1.165) is 12.1 Å². The van der Waals surface area contributed by atoms with Gasteiger partial charge in [-0.1, -0.05) is 6.07 Å². The van der Waals surface area contributed by atoms with Crippen LogP contribution in [0.5, 0.6) is 5.75 Å². The number of carbonyl (C=O) groups excluding carboxylic acids is 2. The highest BCUT2D eigenvalue weighted by molar-refractivity contribution is 6.01. The number of rotatable bonds is 5. The van der Waals surface area contributed by atoms with Crippen LogP contribution in [0.3, 0.4) is 0 Å². The summed E-state index contributed by atoms with van der Waals surface area (Å²) >= 11 is 0. The fourth-order valence-electron chi connectivity index (χ4n) is 2.83. The molecular formula is C19H18F2N2O3. The van der Waals surface area contributed by atoms with E-state index in [1.165, 1.54) is 13.0 Å². The molecule has 26 heavy (non-hydrogen) atoms. The van der Waals surface area contributed by atoms with Gasteiger partial charge in [0, 0.05) is 19.2 Å². The first-order valence-electron chi connectivity index (χ1n) is 8.19. The molecule has 0 radical (unpaired) electrons. The number of anilines is 1. The highest BCUT2D eigenvalue weighted by atomic mass is 19.2. The number of nitrogens with one attached hydrogen (secondary N) is 1. The number of carbonyl (C=O) groups is 2. The zero-order chi connectivity index (χ0) is 18.7. The Morgan fingerprint density at radius 2 is 1.92 bits per heavy atom. The van der Waals surface area contributed by atoms with Crippen molar-refractivity contribution in [1.82, 2.24) is 5.32 Å². The first-order valence-corrected chi connectivity index (χ1v) is 8.19. The highest BCUT2D eigenvalue weighted by Crippen LogP contribution is 2.25. The van der Waals surface area contributed by atoms with E-state index in [4.69, 9.17) is 4.74 Å². The molecular weight excluding hydrogens is 342 g/mol. The topological polar surface area (TPSA) is 58.6 Å². The quantitative estimate of drug-likeness (QED) is 0.892. The van der Waals surface area contributed by atoms with Gasteiger partial charge < -0.3 is 15.0 Å². The van der Waals surface area contributed by atoms with E-state index in [0.29, 0.717) is 30.0 Å². The highest BCUT2D eigenvalue weighted by Gasteiger charge is 2.32. The average molecular weight is 360 g/mol. The summed E-state index contributed by atoms with van der Waals surface area (Å²) in [7, 11) is 0. The number of amides is 2. The summed E-state index contributed by atoms with van der Waals surface area (Å²) in [4.78, 5) is 25.0. The molecule has 2 aromatic carbocycles. The molecule has 1 heterocycles. The lowest BCUT2D eigenvalue weighted by Gasteiger charge is -2.17. The number of hydrogen-bond donors (Lipinski definition) is 1. The molecule has 0 saturated carbocycles. The molecule has 1 atom stereocenters. The van der Waals surface area contributed by atoms with Gasteiger partial charge in [-0.2, -0.15) is 0 Å². The zero-order valence-electron chi connectivity index (χ0n) is 14.2. The van der Waals surface area contributed by atoms with Crippen molar-refractivity contribution >= 4 is 17.5 Å². The molecule has 136 valence electrons. The van der Waals surface area contributed by atoms with Crippen molar-refractivity contribution in [2.24, 2.45) is 0 Å². The van der Waals surface area contributed by atoms with Crippen molar-refractivity contribution < 1.29 is 23.1 Å². The molecule has 2 amide bonds. The standard InChI is InChI=1S/C19H18F2N2O3/c1-12(24)22-18-8-9-23(19(18)25)14-3-5-15(6-4-14)26-11-13-2-7-16(20)17(21)10-13/h2-7,10,18H,8-9,11H2,1H3,(H,22,24). The van der Waals surface area contributed by atoms with Crippen molar-refractivity contribution in [3.05, 3.63) is 59.7 Å². The molecule has 0 spiro atoms. The monoisotopic (exact) mass is 360 g/mol. The van der Waals surface area contributed by atoms with Crippen LogP contribution in [0.1, 0.15) is 18.9 Å². The van der Waals surface area contributed by atoms with E-state index >= 15 is 0 Å². The maximum Gasteiger partial charge on any atom is 0.249 e. The SMILES string of the molecule is CC(=O)NC1CCN(c2ccc(OCc3ccc(F)c(F)c3)cc2)C1=O. The van der Waals surface area contributed by atoms with Gasteiger partial charge in [0.25, 0.3) is 0 Å². The lowest BCUT2D eigenvalue weighted by atomic mass is 10.2. The van der Waals surface area contributed by atoms with E-state index in [1.54, 1.807) is 29.2 Å². The molecule has 2 aromatic rings. The minimum Gasteiger partial charge on any atom is -0.489 e. The van der Waals surface area contributed by atoms with Crippen LogP contribution in [-0.4, -0.2) is 24.4 Å². The lowest BCUT2D eigenvalue weighted by Crippen LogP contribution is -2.40. The smallest absolute Gasteiger partial charge is 0.249 e. The Morgan fingerprint density at radius 1 is 1.19 bits per heavy atom. The van der Waals surface area contributed by atoms with Crippen LogP contribution in [0.25, 0.3) is 0 Å². The third kappa shape index (κ3) is 3.99. The molecule has 1 aliphatic rings. The Labute approximate surface area is 149 Å². The van der Waals surface area contributed by atoms with Crippen molar-refractivity contribution in [1.29, 1.82) is 0 Å². The van der Waals surface area contributed by atoms with Crippen LogP contribution in [0.15, 0.2) is 42.5 Å². The van der Waals surface area contributed by atoms with Crippen molar-refractivity contribution in [3.63, 3.8) is 0 Å². The minimum absolute atomic E-state index is 0.101. The second kappa shape index (κ2) is 7.51. The molecule has 1 aliphatic heterocycles. The van der Waals surface area contributed by atoms with E-state index < -0.39 is 17.7 Å². The summed E-state index contributed by atoms with van der Waals surface area (Å²) in [5, 5.41) is 2.64. The molecule has 7 heteroatoms. The Morgan fingerprint density at radius 3 is 2.58 bits per heavy atom. The Balaban J connectivity index is 1.61. The van der Waals surface area contributed by atoms with Crippen LogP contribution < -0.4 is 15.0 Å². The van der Waals surface area contributed by atoms with Crippen LogP contribution >= 0.6 is 0 Å². The summed E-state index contributed by atoms with van der Waals surface area (Å²) < 4.78 is 31.7. The summed E-state index contributed by atoms with van der Waals surface area (Å²) in [6, 6.07) is 10.0. The van der Waals surface area contributed by atoms with Crippen molar-refractivity contribution in [2.75, 3.05) is 11.4 Å². The Hall–Kier alpha value is -2.96. The molecule has 1 N–H and O–H groups in total. The maximum absolute atomic E-state index is 13.2. The van der Waals surface area contributed by atoms with Gasteiger partial charge in [0.2, 0.25) is 11.8 Å². The van der Waals surface area contributed by atoms with Crippen molar-refractivity contribution in [3.8, 4) is 5.75 Å². The van der Waals surface area contributed by atoms with E-state index in [9.17, 15) is 18.4 Å². The van der Waals surface area contributed by atoms with Gasteiger partial charge in [-0.3, -0.25) is 9.59 Å². The molecule has 1 fully saturated rings. The molecule has 1 unspecified atom stereocenters. The van der Waals surface area contributed by atoms with Gasteiger partial charge in [0.1, 0.15) is 18.4 Å². The predicted molar refractivity (Wildman–Crippen MR) is 91.7 cm³/mol. The van der Waals surface area contributed by atoms with Crippen LogP contribution in [0, 0.1) is 11.6 Å². The van der Waals surface area contributed by atoms with E-state index in [1.807, 2.05) is 0 Å². The van der Waals surface area contributed by atoms with Gasteiger partial charge in [-0.05, 0) is 48.4 Å². The van der Waals surface area contributed by atoms with Gasteiger partial charge in [0.05, 0.1) is 0 Å². The molecule has 0 aromatic heterocycles. The van der Waals surface area contributed by atoms with E-state index in [-0.39, 0.29) is 18.4 Å². The van der Waals surface area contributed by atoms with Crippen molar-refractivity contribution in [2.45, 2.75) is 26.0 Å². The second-order valence-corrected chi connectivity index (χ2v) is 6.06. The number of nitrogens with zero attached hydrogens (tertiary/aromatic N) is 1. The fourth-order valence-corrected chi connectivity index (χ4v) is 2.83. The van der Waals surface area contributed by atoms with Crippen LogP contribution in [0.2, 0.25) is 0 Å². The Bertz CT molecular complexity index is 824. The normalized spacial score (nSPS) is 16.7. The second-order valence-electron chi connectivity index (χ2n) is 6.06. The molecule has 3 rings (SSSR count). The zero-order valence-corrected chi connectivity index (χ0v) is 14.2. The molecule has 0 aliphatic carbocycles. The van der Waals surface area contributed by atoms with Crippen LogP contribution in [-0.2, 0) is 16.2 Å². The third-order valence-electron chi connectivity index (χ3n) is 4.12. The summed E-state index contributed by atoms with van der Waals surface area (Å²) in [5.41, 5.74) is 1.23. The van der Waals surface area contributed by atoms with Crippen LogP contribution in [0.4, 0.5) is 14.5 Å². The number of benzene rings is 2. The summed E-state index contributed by atoms with van der Waals surface area (Å²) in [6.45, 7) is 2.01.